The smallest absolute Gasteiger partial charge is 0.321 e. The van der Waals surface area contributed by atoms with Crippen LogP contribution in [0.3, 0.4) is 0 Å². The maximum absolute atomic E-state index is 12.7. The van der Waals surface area contributed by atoms with E-state index in [0.717, 1.165) is 31.8 Å². The highest BCUT2D eigenvalue weighted by molar-refractivity contribution is 5.71. The Morgan fingerprint density at radius 2 is 1.91 bits per heavy atom. The van der Waals surface area contributed by atoms with Gasteiger partial charge >= 0.3 is 5.69 Å². The molecule has 0 radical (unpaired) electrons. The molecule has 7 nitrogen and oxygen atoms in total. The van der Waals surface area contributed by atoms with Crippen molar-refractivity contribution in [3.8, 4) is 0 Å². The number of aryl methyl sites for hydroxylation is 2. The van der Waals surface area contributed by atoms with Crippen molar-refractivity contribution in [2.45, 2.75) is 59.3 Å². The number of rotatable bonds is 4. The van der Waals surface area contributed by atoms with Gasteiger partial charge in [-0.15, -0.1) is 0 Å². The fourth-order valence-corrected chi connectivity index (χ4v) is 3.32. The number of imidazole rings is 1. The van der Waals surface area contributed by atoms with Crippen LogP contribution in [0.2, 0.25) is 0 Å². The second-order valence-electron chi connectivity index (χ2n) is 5.81. The number of nitrogens with one attached hydrogen (secondary N) is 1. The van der Waals surface area contributed by atoms with Crippen molar-refractivity contribution in [3.05, 3.63) is 26.7 Å². The molecule has 1 fully saturated rings. The van der Waals surface area contributed by atoms with Crippen LogP contribution in [-0.2, 0) is 19.6 Å². The average Bonchev–Trinajstić information content (AvgIpc) is 3.10. The van der Waals surface area contributed by atoms with E-state index in [1.54, 1.807) is 4.57 Å². The van der Waals surface area contributed by atoms with Crippen molar-refractivity contribution < 1.29 is 0 Å². The second-order valence-corrected chi connectivity index (χ2v) is 5.81. The van der Waals surface area contributed by atoms with E-state index >= 15 is 0 Å². The zero-order valence-electron chi connectivity index (χ0n) is 13.4. The van der Waals surface area contributed by atoms with Gasteiger partial charge in [0.2, 0.25) is 0 Å². The molecule has 2 aromatic rings. The van der Waals surface area contributed by atoms with E-state index < -0.39 is 0 Å². The molecule has 0 bridgehead atoms. The summed E-state index contributed by atoms with van der Waals surface area (Å²) in [7, 11) is 0. The zero-order valence-corrected chi connectivity index (χ0v) is 13.4. The fraction of sp³-hybridized carbons (Fsp3) is 0.667. The minimum atomic E-state index is -0.272. The Labute approximate surface area is 128 Å². The summed E-state index contributed by atoms with van der Waals surface area (Å²) in [6, 6.07) is 0.368. The molecule has 1 unspecified atom stereocenters. The molecular weight excluding hydrogens is 282 g/mol. The van der Waals surface area contributed by atoms with E-state index in [9.17, 15) is 9.59 Å². The normalized spacial score (nSPS) is 18.4. The predicted octanol–water partition coefficient (Wildman–Crippen LogP) is 0.460. The lowest BCUT2D eigenvalue weighted by atomic mass is 10.2. The van der Waals surface area contributed by atoms with Gasteiger partial charge in [-0.1, -0.05) is 0 Å². The molecule has 0 aromatic carbocycles. The van der Waals surface area contributed by atoms with Crippen LogP contribution < -0.4 is 16.6 Å². The Kier molecular flexibility index (Phi) is 3.90. The van der Waals surface area contributed by atoms with Gasteiger partial charge in [0, 0.05) is 25.7 Å². The lowest BCUT2D eigenvalue weighted by Crippen LogP contribution is -2.40. The van der Waals surface area contributed by atoms with Crippen molar-refractivity contribution in [1.82, 2.24) is 24.0 Å². The molecule has 22 heavy (non-hydrogen) atoms. The first-order chi connectivity index (χ1) is 10.6. The number of nitrogens with zero attached hydrogens (tertiary/aromatic N) is 4. The first kappa shape index (κ1) is 15.0. The van der Waals surface area contributed by atoms with Crippen LogP contribution in [-0.4, -0.2) is 31.3 Å². The predicted molar refractivity (Wildman–Crippen MR) is 85.4 cm³/mol. The van der Waals surface area contributed by atoms with Gasteiger partial charge in [0.05, 0.1) is 0 Å². The number of hydrogen-bond donors (Lipinski definition) is 1. The van der Waals surface area contributed by atoms with Gasteiger partial charge in [0.25, 0.3) is 5.56 Å². The Bertz CT molecular complexity index is 808. The molecule has 0 amide bonds. The highest BCUT2D eigenvalue weighted by Gasteiger charge is 2.22. The van der Waals surface area contributed by atoms with Gasteiger partial charge in [-0.25, -0.2) is 9.78 Å². The summed E-state index contributed by atoms with van der Waals surface area (Å²) in [6.07, 6.45) is 2.27. The van der Waals surface area contributed by atoms with Gasteiger partial charge in [-0.2, -0.15) is 0 Å². The third-order valence-corrected chi connectivity index (χ3v) is 4.50. The van der Waals surface area contributed by atoms with Gasteiger partial charge in [0.1, 0.15) is 5.82 Å². The van der Waals surface area contributed by atoms with E-state index in [4.69, 9.17) is 0 Å². The third kappa shape index (κ3) is 2.20. The van der Waals surface area contributed by atoms with Gasteiger partial charge < -0.3 is 9.88 Å². The van der Waals surface area contributed by atoms with E-state index in [1.807, 2.05) is 25.3 Å². The molecule has 120 valence electrons. The SMILES string of the molecule is CCn1c(=O)c2c(nc(C)n2CC2CCCN2)n(CC)c1=O. The monoisotopic (exact) mass is 305 g/mol. The molecule has 0 saturated carbocycles. The Balaban J connectivity index is 2.27. The lowest BCUT2D eigenvalue weighted by molar-refractivity contribution is 0.507. The van der Waals surface area contributed by atoms with Crippen LogP contribution in [0.25, 0.3) is 11.2 Å². The maximum Gasteiger partial charge on any atom is 0.332 e. The average molecular weight is 305 g/mol. The van der Waals surface area contributed by atoms with Crippen molar-refractivity contribution >= 4 is 11.2 Å². The zero-order chi connectivity index (χ0) is 15.9. The van der Waals surface area contributed by atoms with Crippen molar-refractivity contribution in [3.63, 3.8) is 0 Å². The summed E-state index contributed by atoms with van der Waals surface area (Å²) in [4.78, 5) is 29.6. The molecule has 1 N–H and O–H groups in total. The minimum absolute atomic E-state index is 0.231. The molecule has 1 saturated heterocycles. The molecule has 1 aliphatic rings. The molecule has 1 aliphatic heterocycles. The van der Waals surface area contributed by atoms with Crippen LogP contribution in [0.5, 0.6) is 0 Å². The Morgan fingerprint density at radius 1 is 1.18 bits per heavy atom. The fourth-order valence-electron chi connectivity index (χ4n) is 3.32. The minimum Gasteiger partial charge on any atom is -0.321 e. The van der Waals surface area contributed by atoms with Crippen molar-refractivity contribution in [1.29, 1.82) is 0 Å². The molecular formula is C15H23N5O2. The quantitative estimate of drug-likeness (QED) is 0.890. The van der Waals surface area contributed by atoms with Gasteiger partial charge in [-0.3, -0.25) is 13.9 Å². The third-order valence-electron chi connectivity index (χ3n) is 4.50. The topological polar surface area (TPSA) is 73.8 Å². The summed E-state index contributed by atoms with van der Waals surface area (Å²) in [6.45, 7) is 8.25. The maximum atomic E-state index is 12.7. The van der Waals surface area contributed by atoms with Crippen molar-refractivity contribution in [2.24, 2.45) is 0 Å². The summed E-state index contributed by atoms with van der Waals surface area (Å²) in [5, 5.41) is 3.45. The molecule has 7 heteroatoms. The standard InChI is InChI=1S/C15H23N5O2/c1-4-18-13-12(14(21)19(5-2)15(18)22)20(10(3)17-13)9-11-7-6-8-16-11/h11,16H,4-9H2,1-3H3. The van der Waals surface area contributed by atoms with E-state index in [1.165, 1.54) is 4.57 Å². The molecule has 2 aromatic heterocycles. The van der Waals surface area contributed by atoms with Crippen molar-refractivity contribution in [2.75, 3.05) is 6.54 Å². The van der Waals surface area contributed by atoms with Crippen LogP contribution in [0.1, 0.15) is 32.5 Å². The number of hydrogen-bond acceptors (Lipinski definition) is 4. The summed E-state index contributed by atoms with van der Waals surface area (Å²) in [5.41, 5.74) is 0.559. The molecule has 0 spiro atoms. The largest absolute Gasteiger partial charge is 0.332 e. The molecule has 3 rings (SSSR count). The van der Waals surface area contributed by atoms with Crippen LogP contribution >= 0.6 is 0 Å². The molecule has 3 heterocycles. The van der Waals surface area contributed by atoms with E-state index in [0.29, 0.717) is 30.3 Å². The summed E-state index contributed by atoms with van der Waals surface area (Å²) < 4.78 is 4.86. The highest BCUT2D eigenvalue weighted by Crippen LogP contribution is 2.15. The Hall–Kier alpha value is -1.89. The van der Waals surface area contributed by atoms with Crippen LogP contribution in [0.4, 0.5) is 0 Å². The highest BCUT2D eigenvalue weighted by atomic mass is 16.2. The molecule has 1 atom stereocenters. The summed E-state index contributed by atoms with van der Waals surface area (Å²) in [5.74, 6) is 0.788. The first-order valence-electron chi connectivity index (χ1n) is 8.02. The number of aromatic nitrogens is 4. The first-order valence-corrected chi connectivity index (χ1v) is 8.02. The Morgan fingerprint density at radius 3 is 2.50 bits per heavy atom. The van der Waals surface area contributed by atoms with Gasteiger partial charge in [-0.05, 0) is 40.2 Å². The van der Waals surface area contributed by atoms with E-state index in [-0.39, 0.29) is 11.2 Å². The number of fused-ring (bicyclic) bond motifs is 1. The summed E-state index contributed by atoms with van der Waals surface area (Å²) >= 11 is 0. The van der Waals surface area contributed by atoms with Crippen LogP contribution in [0, 0.1) is 6.92 Å². The van der Waals surface area contributed by atoms with Crippen LogP contribution in [0.15, 0.2) is 9.59 Å². The van der Waals surface area contributed by atoms with E-state index in [2.05, 4.69) is 10.3 Å². The second kappa shape index (κ2) is 5.72. The van der Waals surface area contributed by atoms with Gasteiger partial charge in [0.15, 0.2) is 11.2 Å². The lowest BCUT2D eigenvalue weighted by Gasteiger charge is -2.14. The molecule has 0 aliphatic carbocycles.